The van der Waals surface area contributed by atoms with Gasteiger partial charge in [0.15, 0.2) is 0 Å². The van der Waals surface area contributed by atoms with Gasteiger partial charge in [-0.05, 0) is 60.0 Å². The summed E-state index contributed by atoms with van der Waals surface area (Å²) in [7, 11) is 0. The van der Waals surface area contributed by atoms with Crippen LogP contribution in [0.15, 0.2) is 54.9 Å². The summed E-state index contributed by atoms with van der Waals surface area (Å²) in [5, 5.41) is 6.36. The number of carbonyl (C=O) groups is 1. The van der Waals surface area contributed by atoms with Gasteiger partial charge < -0.3 is 15.2 Å². The first-order chi connectivity index (χ1) is 13.1. The number of hydrogen-bond acceptors (Lipinski definition) is 2. The number of nitrogens with zero attached hydrogens (tertiary/aromatic N) is 1. The minimum Gasteiger partial charge on any atom is -0.348 e. The molecule has 0 atom stereocenters. The van der Waals surface area contributed by atoms with Crippen LogP contribution in [0.2, 0.25) is 5.02 Å². The molecule has 0 saturated carbocycles. The van der Waals surface area contributed by atoms with Crippen molar-refractivity contribution in [3.8, 4) is 0 Å². The van der Waals surface area contributed by atoms with E-state index >= 15 is 0 Å². The van der Waals surface area contributed by atoms with Gasteiger partial charge in [0.25, 0.3) is 5.91 Å². The van der Waals surface area contributed by atoms with E-state index in [-0.39, 0.29) is 10.9 Å². The van der Waals surface area contributed by atoms with Gasteiger partial charge in [-0.15, -0.1) is 0 Å². The summed E-state index contributed by atoms with van der Waals surface area (Å²) in [5.41, 5.74) is 4.74. The van der Waals surface area contributed by atoms with Crippen molar-refractivity contribution in [2.45, 2.75) is 19.5 Å². The second-order valence-electron chi connectivity index (χ2n) is 6.69. The van der Waals surface area contributed by atoms with Crippen molar-refractivity contribution in [3.63, 3.8) is 0 Å². The third kappa shape index (κ3) is 4.04. The molecule has 0 radical (unpaired) electrons. The number of amides is 1. The molecule has 4 nitrogen and oxygen atoms in total. The molecular formula is C21H19ClFN3O. The summed E-state index contributed by atoms with van der Waals surface area (Å²) in [6.45, 7) is 2.34. The molecule has 0 fully saturated rings. The number of rotatable bonds is 4. The van der Waals surface area contributed by atoms with Gasteiger partial charge >= 0.3 is 0 Å². The van der Waals surface area contributed by atoms with Crippen LogP contribution >= 0.6 is 11.6 Å². The lowest BCUT2D eigenvalue weighted by atomic mass is 9.98. The van der Waals surface area contributed by atoms with Gasteiger partial charge in [0, 0.05) is 31.0 Å². The normalized spacial score (nSPS) is 13.3. The number of anilines is 1. The Morgan fingerprint density at radius 1 is 1.19 bits per heavy atom. The smallest absolute Gasteiger partial charge is 0.255 e. The molecule has 1 aromatic heterocycles. The molecule has 138 valence electrons. The zero-order valence-electron chi connectivity index (χ0n) is 14.6. The Bertz CT molecular complexity index is 999. The molecule has 3 aromatic rings. The number of aromatic nitrogens is 1. The maximum atomic E-state index is 13.3. The molecule has 2 heterocycles. The minimum atomic E-state index is -0.429. The first kappa shape index (κ1) is 17.8. The summed E-state index contributed by atoms with van der Waals surface area (Å²) >= 11 is 5.83. The highest BCUT2D eigenvalue weighted by molar-refractivity contribution is 6.30. The predicted molar refractivity (Wildman–Crippen MR) is 105 cm³/mol. The minimum absolute atomic E-state index is 0.107. The summed E-state index contributed by atoms with van der Waals surface area (Å²) in [6, 6.07) is 12.3. The Hall–Kier alpha value is -2.63. The van der Waals surface area contributed by atoms with Crippen molar-refractivity contribution < 1.29 is 9.18 Å². The van der Waals surface area contributed by atoms with Crippen LogP contribution < -0.4 is 10.6 Å². The van der Waals surface area contributed by atoms with E-state index in [1.807, 2.05) is 41.2 Å². The van der Waals surface area contributed by atoms with E-state index in [9.17, 15) is 9.18 Å². The van der Waals surface area contributed by atoms with Crippen molar-refractivity contribution in [1.82, 2.24) is 9.88 Å². The van der Waals surface area contributed by atoms with E-state index in [0.29, 0.717) is 17.8 Å². The molecule has 27 heavy (non-hydrogen) atoms. The highest BCUT2D eigenvalue weighted by Gasteiger charge is 2.13. The second-order valence-corrected chi connectivity index (χ2v) is 7.09. The van der Waals surface area contributed by atoms with Crippen molar-refractivity contribution in [2.24, 2.45) is 0 Å². The summed E-state index contributed by atoms with van der Waals surface area (Å²) in [4.78, 5) is 12.6. The molecule has 6 heteroatoms. The second kappa shape index (κ2) is 7.55. The van der Waals surface area contributed by atoms with E-state index in [1.54, 1.807) is 12.1 Å². The van der Waals surface area contributed by atoms with Crippen molar-refractivity contribution in [3.05, 3.63) is 88.0 Å². The number of fused-ring (bicyclic) bond motifs is 1. The molecule has 0 saturated heterocycles. The third-order valence-corrected chi connectivity index (χ3v) is 5.00. The highest BCUT2D eigenvalue weighted by atomic mass is 35.5. The van der Waals surface area contributed by atoms with E-state index in [2.05, 4.69) is 10.6 Å². The van der Waals surface area contributed by atoms with Gasteiger partial charge in [-0.2, -0.15) is 0 Å². The maximum Gasteiger partial charge on any atom is 0.255 e. The number of carbonyl (C=O) groups excluding carboxylic acids is 1. The Morgan fingerprint density at radius 2 is 2.07 bits per heavy atom. The lowest BCUT2D eigenvalue weighted by Crippen LogP contribution is -2.24. The Labute approximate surface area is 162 Å². The zero-order chi connectivity index (χ0) is 18.8. The Kier molecular flexibility index (Phi) is 4.97. The summed E-state index contributed by atoms with van der Waals surface area (Å²) in [6.07, 6.45) is 4.65. The van der Waals surface area contributed by atoms with Gasteiger partial charge in [0.1, 0.15) is 5.82 Å². The predicted octanol–water partition coefficient (Wildman–Crippen LogP) is 4.23. The standard InChI is InChI=1S/C21H19ClFN3O/c22-19-9-14(1-4-20(19)23)12-26-8-6-18(13-26)25-21(27)16-2-3-17-11-24-7-5-15(17)10-16/h1-4,6,8-10,13,24H,5,7,11-12H2,(H,25,27). The van der Waals surface area contributed by atoms with E-state index in [1.165, 1.54) is 17.2 Å². The van der Waals surface area contributed by atoms with Crippen LogP contribution in [0.3, 0.4) is 0 Å². The fourth-order valence-corrected chi connectivity index (χ4v) is 3.49. The zero-order valence-corrected chi connectivity index (χ0v) is 15.4. The Balaban J connectivity index is 1.44. The van der Waals surface area contributed by atoms with Crippen LogP contribution in [0.25, 0.3) is 0 Å². The first-order valence-electron chi connectivity index (χ1n) is 8.82. The lowest BCUT2D eigenvalue weighted by Gasteiger charge is -2.17. The summed E-state index contributed by atoms with van der Waals surface area (Å²) in [5.74, 6) is -0.555. The number of nitrogens with one attached hydrogen (secondary N) is 2. The van der Waals surface area contributed by atoms with Gasteiger partial charge in [-0.25, -0.2) is 4.39 Å². The third-order valence-electron chi connectivity index (χ3n) is 4.71. The lowest BCUT2D eigenvalue weighted by molar-refractivity contribution is 0.102. The number of benzene rings is 2. The number of halogens is 2. The largest absolute Gasteiger partial charge is 0.348 e. The number of hydrogen-bond donors (Lipinski definition) is 2. The van der Waals surface area contributed by atoms with Crippen molar-refractivity contribution in [1.29, 1.82) is 0 Å². The van der Waals surface area contributed by atoms with Crippen molar-refractivity contribution >= 4 is 23.2 Å². The van der Waals surface area contributed by atoms with E-state index in [0.717, 1.165) is 25.1 Å². The van der Waals surface area contributed by atoms with Crippen LogP contribution in [0.5, 0.6) is 0 Å². The molecule has 1 amide bonds. The van der Waals surface area contributed by atoms with Gasteiger partial charge in [0.05, 0.1) is 10.7 Å². The monoisotopic (exact) mass is 383 g/mol. The van der Waals surface area contributed by atoms with Crippen molar-refractivity contribution in [2.75, 3.05) is 11.9 Å². The molecule has 0 bridgehead atoms. The molecule has 4 rings (SSSR count). The molecule has 1 aliphatic heterocycles. The van der Waals surface area contributed by atoms with E-state index < -0.39 is 5.82 Å². The van der Waals surface area contributed by atoms with Crippen LogP contribution in [-0.4, -0.2) is 17.0 Å². The average molecular weight is 384 g/mol. The van der Waals surface area contributed by atoms with Crippen LogP contribution in [0.1, 0.15) is 27.0 Å². The molecule has 2 N–H and O–H groups in total. The van der Waals surface area contributed by atoms with Crippen LogP contribution in [0.4, 0.5) is 10.1 Å². The van der Waals surface area contributed by atoms with Crippen LogP contribution in [0, 0.1) is 5.82 Å². The molecular weight excluding hydrogens is 365 g/mol. The first-order valence-corrected chi connectivity index (χ1v) is 9.20. The average Bonchev–Trinajstić information content (AvgIpc) is 3.11. The van der Waals surface area contributed by atoms with E-state index in [4.69, 9.17) is 11.6 Å². The fraction of sp³-hybridized carbons (Fsp3) is 0.190. The molecule has 0 aliphatic carbocycles. The van der Waals surface area contributed by atoms with Gasteiger partial charge in [-0.1, -0.05) is 23.7 Å². The topological polar surface area (TPSA) is 46.1 Å². The maximum absolute atomic E-state index is 13.3. The van der Waals surface area contributed by atoms with Crippen LogP contribution in [-0.2, 0) is 19.5 Å². The molecule has 0 unspecified atom stereocenters. The fourth-order valence-electron chi connectivity index (χ4n) is 3.28. The highest BCUT2D eigenvalue weighted by Crippen LogP contribution is 2.19. The summed E-state index contributed by atoms with van der Waals surface area (Å²) < 4.78 is 15.2. The van der Waals surface area contributed by atoms with Gasteiger partial charge in [0.2, 0.25) is 0 Å². The quantitative estimate of drug-likeness (QED) is 0.708. The Morgan fingerprint density at radius 3 is 2.93 bits per heavy atom. The molecule has 1 aliphatic rings. The SMILES string of the molecule is O=C(Nc1ccn(Cc2ccc(F)c(Cl)c2)c1)c1ccc2c(c1)CCNC2. The molecule has 2 aromatic carbocycles. The van der Waals surface area contributed by atoms with Gasteiger partial charge in [-0.3, -0.25) is 4.79 Å². The molecule has 0 spiro atoms.